The maximum atomic E-state index is 13.9. The molecular weight excluding hydrogens is 255 g/mol. The highest BCUT2D eigenvalue weighted by Gasteiger charge is 2.30. The average molecular weight is 270 g/mol. The van der Waals surface area contributed by atoms with Gasteiger partial charge >= 0.3 is 11.9 Å². The van der Waals surface area contributed by atoms with Crippen LogP contribution >= 0.6 is 0 Å². The van der Waals surface area contributed by atoms with Gasteiger partial charge in [0.05, 0.1) is 21.3 Å². The van der Waals surface area contributed by atoms with Gasteiger partial charge in [-0.15, -0.1) is 0 Å². The summed E-state index contributed by atoms with van der Waals surface area (Å²) < 4.78 is 27.8. The Morgan fingerprint density at radius 3 is 2.21 bits per heavy atom. The summed E-state index contributed by atoms with van der Waals surface area (Å²) in [6.45, 7) is 0. The van der Waals surface area contributed by atoms with Crippen molar-refractivity contribution in [3.05, 3.63) is 29.6 Å². The molecule has 6 heteroatoms. The fraction of sp³-hybridized carbons (Fsp3) is 0.385. The zero-order valence-corrected chi connectivity index (χ0v) is 10.9. The molecule has 0 aliphatic heterocycles. The van der Waals surface area contributed by atoms with Gasteiger partial charge < -0.3 is 14.2 Å². The van der Waals surface area contributed by atoms with E-state index in [2.05, 4.69) is 9.47 Å². The first kappa shape index (κ1) is 14.9. The second-order valence-corrected chi connectivity index (χ2v) is 3.74. The van der Waals surface area contributed by atoms with E-state index in [1.54, 1.807) is 6.07 Å². The lowest BCUT2D eigenvalue weighted by Gasteiger charge is -2.13. The van der Waals surface area contributed by atoms with E-state index in [4.69, 9.17) is 4.74 Å². The SMILES string of the molecule is COC(=O)C(Cc1cccc(OC)c1F)C(=O)OC. The van der Waals surface area contributed by atoms with Crippen molar-refractivity contribution in [2.75, 3.05) is 21.3 Å². The van der Waals surface area contributed by atoms with Gasteiger partial charge in [0, 0.05) is 0 Å². The third kappa shape index (κ3) is 3.43. The molecule has 0 fully saturated rings. The molecule has 0 aliphatic rings. The number of carbonyl (C=O) groups excluding carboxylic acids is 2. The molecule has 1 aromatic carbocycles. The fourth-order valence-corrected chi connectivity index (χ4v) is 1.64. The molecule has 0 aromatic heterocycles. The minimum Gasteiger partial charge on any atom is -0.494 e. The summed E-state index contributed by atoms with van der Waals surface area (Å²) >= 11 is 0. The average Bonchev–Trinajstić information content (AvgIpc) is 2.44. The van der Waals surface area contributed by atoms with E-state index in [1.165, 1.54) is 19.2 Å². The van der Waals surface area contributed by atoms with Crippen molar-refractivity contribution >= 4 is 11.9 Å². The first-order valence-electron chi connectivity index (χ1n) is 5.52. The molecule has 0 bridgehead atoms. The van der Waals surface area contributed by atoms with Gasteiger partial charge in [0.15, 0.2) is 17.5 Å². The number of esters is 2. The molecule has 0 spiro atoms. The van der Waals surface area contributed by atoms with Crippen LogP contribution in [-0.2, 0) is 25.5 Å². The van der Waals surface area contributed by atoms with Crippen LogP contribution in [0.15, 0.2) is 18.2 Å². The van der Waals surface area contributed by atoms with E-state index in [-0.39, 0.29) is 17.7 Å². The van der Waals surface area contributed by atoms with Crippen LogP contribution in [0.25, 0.3) is 0 Å². The Morgan fingerprint density at radius 2 is 1.74 bits per heavy atom. The molecule has 0 heterocycles. The summed E-state index contributed by atoms with van der Waals surface area (Å²) in [6, 6.07) is 4.49. The monoisotopic (exact) mass is 270 g/mol. The predicted octanol–water partition coefficient (Wildman–Crippen LogP) is 1.34. The lowest BCUT2D eigenvalue weighted by molar-refractivity contribution is -0.158. The van der Waals surface area contributed by atoms with Gasteiger partial charge in [-0.2, -0.15) is 0 Å². The molecule has 0 atom stereocenters. The Bertz CT molecular complexity index is 456. The number of rotatable bonds is 5. The van der Waals surface area contributed by atoms with E-state index in [0.29, 0.717) is 0 Å². The normalized spacial score (nSPS) is 10.2. The first-order chi connectivity index (χ1) is 9.04. The van der Waals surface area contributed by atoms with Crippen LogP contribution < -0.4 is 4.74 Å². The van der Waals surface area contributed by atoms with Crippen molar-refractivity contribution in [1.29, 1.82) is 0 Å². The maximum Gasteiger partial charge on any atom is 0.320 e. The number of hydrogen-bond donors (Lipinski definition) is 0. The van der Waals surface area contributed by atoms with Crippen molar-refractivity contribution < 1.29 is 28.2 Å². The summed E-state index contributed by atoms with van der Waals surface area (Å²) in [5, 5.41) is 0. The van der Waals surface area contributed by atoms with E-state index in [9.17, 15) is 14.0 Å². The maximum absolute atomic E-state index is 13.9. The van der Waals surface area contributed by atoms with Crippen LogP contribution in [0.2, 0.25) is 0 Å². The zero-order chi connectivity index (χ0) is 14.4. The van der Waals surface area contributed by atoms with Gasteiger partial charge in [-0.3, -0.25) is 9.59 Å². The largest absolute Gasteiger partial charge is 0.494 e. The highest BCUT2D eigenvalue weighted by atomic mass is 19.1. The molecule has 19 heavy (non-hydrogen) atoms. The highest BCUT2D eigenvalue weighted by molar-refractivity contribution is 5.95. The van der Waals surface area contributed by atoms with Crippen LogP contribution in [0, 0.1) is 11.7 Å². The number of benzene rings is 1. The van der Waals surface area contributed by atoms with Crippen LogP contribution in [-0.4, -0.2) is 33.3 Å². The van der Waals surface area contributed by atoms with Crippen LogP contribution in [0.3, 0.4) is 0 Å². The Kier molecular flexibility index (Phi) is 5.29. The predicted molar refractivity (Wildman–Crippen MR) is 64.2 cm³/mol. The number of carbonyl (C=O) groups is 2. The van der Waals surface area contributed by atoms with E-state index >= 15 is 0 Å². The Labute approximate surface area is 110 Å². The quantitative estimate of drug-likeness (QED) is 0.597. The Morgan fingerprint density at radius 1 is 1.16 bits per heavy atom. The summed E-state index contributed by atoms with van der Waals surface area (Å²) in [5.74, 6) is -3.30. The van der Waals surface area contributed by atoms with Gasteiger partial charge in [-0.1, -0.05) is 12.1 Å². The second kappa shape index (κ2) is 6.72. The molecule has 104 valence electrons. The first-order valence-corrected chi connectivity index (χ1v) is 5.52. The standard InChI is InChI=1S/C13H15FO5/c1-17-10-6-4-5-8(11(10)14)7-9(12(15)18-2)13(16)19-3/h4-6,9H,7H2,1-3H3. The molecule has 0 N–H and O–H groups in total. The molecule has 0 radical (unpaired) electrons. The van der Waals surface area contributed by atoms with Gasteiger partial charge in [0.25, 0.3) is 0 Å². The minimum absolute atomic E-state index is 0.0472. The molecule has 0 aliphatic carbocycles. The summed E-state index contributed by atoms with van der Waals surface area (Å²) in [6.07, 6.45) is -0.150. The molecular formula is C13H15FO5. The molecule has 5 nitrogen and oxygen atoms in total. The van der Waals surface area contributed by atoms with Gasteiger partial charge in [0.2, 0.25) is 0 Å². The Balaban J connectivity index is 3.03. The molecule has 0 saturated carbocycles. The fourth-order valence-electron chi connectivity index (χ4n) is 1.64. The van der Waals surface area contributed by atoms with Gasteiger partial charge in [0.1, 0.15) is 0 Å². The Hall–Kier alpha value is -2.11. The number of methoxy groups -OCH3 is 3. The van der Waals surface area contributed by atoms with E-state index < -0.39 is 23.7 Å². The van der Waals surface area contributed by atoms with Crippen LogP contribution in [0.1, 0.15) is 5.56 Å². The highest BCUT2D eigenvalue weighted by Crippen LogP contribution is 2.23. The lowest BCUT2D eigenvalue weighted by atomic mass is 9.99. The number of halogens is 1. The molecule has 1 rings (SSSR count). The topological polar surface area (TPSA) is 61.8 Å². The van der Waals surface area contributed by atoms with Crippen molar-refractivity contribution in [1.82, 2.24) is 0 Å². The van der Waals surface area contributed by atoms with E-state index in [0.717, 1.165) is 14.2 Å². The van der Waals surface area contributed by atoms with Crippen molar-refractivity contribution in [3.8, 4) is 5.75 Å². The van der Waals surface area contributed by atoms with Crippen molar-refractivity contribution in [2.45, 2.75) is 6.42 Å². The molecule has 1 aromatic rings. The smallest absolute Gasteiger partial charge is 0.320 e. The lowest BCUT2D eigenvalue weighted by Crippen LogP contribution is -2.28. The third-order valence-electron chi connectivity index (χ3n) is 2.66. The molecule has 0 amide bonds. The zero-order valence-electron chi connectivity index (χ0n) is 10.9. The van der Waals surface area contributed by atoms with Crippen LogP contribution in [0.5, 0.6) is 5.75 Å². The number of hydrogen-bond acceptors (Lipinski definition) is 5. The number of ether oxygens (including phenoxy) is 3. The van der Waals surface area contributed by atoms with E-state index in [1.807, 2.05) is 0 Å². The molecule has 0 saturated heterocycles. The summed E-state index contributed by atoms with van der Waals surface area (Å²) in [4.78, 5) is 23.0. The van der Waals surface area contributed by atoms with Crippen LogP contribution in [0.4, 0.5) is 4.39 Å². The van der Waals surface area contributed by atoms with Crippen molar-refractivity contribution in [3.63, 3.8) is 0 Å². The summed E-state index contributed by atoms with van der Waals surface area (Å²) in [7, 11) is 3.64. The van der Waals surface area contributed by atoms with Gasteiger partial charge in [-0.05, 0) is 18.1 Å². The molecule has 0 unspecified atom stereocenters. The minimum atomic E-state index is -1.20. The van der Waals surface area contributed by atoms with Gasteiger partial charge in [-0.25, -0.2) is 4.39 Å². The second-order valence-electron chi connectivity index (χ2n) is 3.74. The third-order valence-corrected chi connectivity index (χ3v) is 2.66. The van der Waals surface area contributed by atoms with Crippen molar-refractivity contribution in [2.24, 2.45) is 5.92 Å². The summed E-state index contributed by atoms with van der Waals surface area (Å²) in [5.41, 5.74) is 0.181.